The molecule has 1 unspecified atom stereocenters. The van der Waals surface area contributed by atoms with E-state index in [9.17, 15) is 4.79 Å². The van der Waals surface area contributed by atoms with E-state index in [4.69, 9.17) is 4.42 Å². The molecule has 1 aliphatic rings. The molecule has 24 heavy (non-hydrogen) atoms. The van der Waals surface area contributed by atoms with Crippen molar-refractivity contribution in [3.05, 3.63) is 59.0 Å². The van der Waals surface area contributed by atoms with Crippen LogP contribution in [0.3, 0.4) is 0 Å². The Bertz CT molecular complexity index is 690. The SMILES string of the molecule is Cc1ccc(CN(CC(=O)NC(C)c2ccco2)C2CC2)cc1C. The van der Waals surface area contributed by atoms with Crippen molar-refractivity contribution in [2.45, 2.75) is 52.2 Å². The maximum Gasteiger partial charge on any atom is 0.234 e. The van der Waals surface area contributed by atoms with Crippen LogP contribution in [0, 0.1) is 13.8 Å². The molecule has 1 amide bonds. The highest BCUT2D eigenvalue weighted by Gasteiger charge is 2.30. The van der Waals surface area contributed by atoms with Crippen molar-refractivity contribution in [2.75, 3.05) is 6.54 Å². The van der Waals surface area contributed by atoms with Crippen molar-refractivity contribution in [1.82, 2.24) is 10.2 Å². The van der Waals surface area contributed by atoms with Crippen molar-refractivity contribution in [3.8, 4) is 0 Å². The summed E-state index contributed by atoms with van der Waals surface area (Å²) in [6.07, 6.45) is 4.01. The van der Waals surface area contributed by atoms with Gasteiger partial charge in [-0.3, -0.25) is 9.69 Å². The van der Waals surface area contributed by atoms with Gasteiger partial charge in [0.2, 0.25) is 5.91 Å². The molecule has 1 atom stereocenters. The van der Waals surface area contributed by atoms with E-state index in [0.717, 1.165) is 12.3 Å². The van der Waals surface area contributed by atoms with E-state index in [0.29, 0.717) is 12.6 Å². The molecule has 0 bridgehead atoms. The second kappa shape index (κ2) is 7.22. The fourth-order valence-corrected chi connectivity index (χ4v) is 2.97. The number of nitrogens with one attached hydrogen (secondary N) is 1. The Hall–Kier alpha value is -2.07. The third-order valence-corrected chi connectivity index (χ3v) is 4.71. The van der Waals surface area contributed by atoms with E-state index >= 15 is 0 Å². The van der Waals surface area contributed by atoms with E-state index in [2.05, 4.69) is 42.3 Å². The molecule has 1 aliphatic carbocycles. The number of hydrogen-bond acceptors (Lipinski definition) is 3. The van der Waals surface area contributed by atoms with Gasteiger partial charge in [0.25, 0.3) is 0 Å². The maximum atomic E-state index is 12.4. The minimum absolute atomic E-state index is 0.0506. The van der Waals surface area contributed by atoms with Crippen molar-refractivity contribution in [1.29, 1.82) is 0 Å². The summed E-state index contributed by atoms with van der Waals surface area (Å²) >= 11 is 0. The van der Waals surface area contributed by atoms with Crippen molar-refractivity contribution < 1.29 is 9.21 Å². The van der Waals surface area contributed by atoms with Gasteiger partial charge in [-0.2, -0.15) is 0 Å². The molecule has 1 saturated carbocycles. The fraction of sp³-hybridized carbons (Fsp3) is 0.450. The second-order valence-corrected chi connectivity index (χ2v) is 6.86. The molecule has 0 radical (unpaired) electrons. The number of amides is 1. The zero-order chi connectivity index (χ0) is 17.1. The highest BCUT2D eigenvalue weighted by atomic mass is 16.3. The van der Waals surface area contributed by atoms with Crippen LogP contribution in [-0.4, -0.2) is 23.4 Å². The monoisotopic (exact) mass is 326 g/mol. The number of benzene rings is 1. The van der Waals surface area contributed by atoms with Gasteiger partial charge in [-0.15, -0.1) is 0 Å². The predicted molar refractivity (Wildman–Crippen MR) is 94.6 cm³/mol. The summed E-state index contributed by atoms with van der Waals surface area (Å²) in [4.78, 5) is 14.7. The minimum atomic E-state index is -0.102. The molecule has 1 heterocycles. The highest BCUT2D eigenvalue weighted by molar-refractivity contribution is 5.78. The smallest absolute Gasteiger partial charge is 0.234 e. The zero-order valence-electron chi connectivity index (χ0n) is 14.7. The van der Waals surface area contributed by atoms with Crippen molar-refractivity contribution in [2.24, 2.45) is 0 Å². The van der Waals surface area contributed by atoms with E-state index < -0.39 is 0 Å². The summed E-state index contributed by atoms with van der Waals surface area (Å²) < 4.78 is 5.35. The van der Waals surface area contributed by atoms with Crippen LogP contribution >= 0.6 is 0 Å². The molecule has 1 fully saturated rings. The molecule has 0 spiro atoms. The number of carbonyl (C=O) groups excluding carboxylic acids is 1. The summed E-state index contributed by atoms with van der Waals surface area (Å²) in [5, 5.41) is 3.03. The third kappa shape index (κ3) is 4.26. The van der Waals surface area contributed by atoms with Crippen molar-refractivity contribution in [3.63, 3.8) is 0 Å². The summed E-state index contributed by atoms with van der Waals surface area (Å²) in [5.41, 5.74) is 3.89. The first-order valence-corrected chi connectivity index (χ1v) is 8.66. The number of nitrogens with zero attached hydrogens (tertiary/aromatic N) is 1. The summed E-state index contributed by atoms with van der Waals surface area (Å²) in [6.45, 7) is 7.47. The third-order valence-electron chi connectivity index (χ3n) is 4.71. The standard InChI is InChI=1S/C20H26N2O2/c1-14-6-7-17(11-15(14)2)12-22(18-8-9-18)13-20(23)21-16(3)19-5-4-10-24-19/h4-7,10-11,16,18H,8-9,12-13H2,1-3H3,(H,21,23). The van der Waals surface area contributed by atoms with E-state index in [1.807, 2.05) is 19.1 Å². The predicted octanol–water partition coefficient (Wildman–Crippen LogP) is 3.74. The molecular formula is C20H26N2O2. The van der Waals surface area contributed by atoms with Crippen LogP contribution < -0.4 is 5.32 Å². The molecule has 0 saturated heterocycles. The van der Waals surface area contributed by atoms with Gasteiger partial charge in [0.15, 0.2) is 0 Å². The van der Waals surface area contributed by atoms with Gasteiger partial charge in [-0.25, -0.2) is 0 Å². The molecule has 1 aromatic heterocycles. The van der Waals surface area contributed by atoms with Crippen LogP contribution in [0.1, 0.15) is 48.3 Å². The summed E-state index contributed by atoms with van der Waals surface area (Å²) in [6, 6.07) is 10.7. The first-order chi connectivity index (χ1) is 11.5. The number of aryl methyl sites for hydroxylation is 2. The van der Waals surface area contributed by atoms with E-state index in [1.165, 1.54) is 29.5 Å². The molecule has 0 aliphatic heterocycles. The molecule has 128 valence electrons. The van der Waals surface area contributed by atoms with Crippen LogP contribution in [0.2, 0.25) is 0 Å². The lowest BCUT2D eigenvalue weighted by molar-refractivity contribution is -0.123. The fourth-order valence-electron chi connectivity index (χ4n) is 2.97. The molecule has 4 heteroatoms. The largest absolute Gasteiger partial charge is 0.467 e. The van der Waals surface area contributed by atoms with Gasteiger partial charge >= 0.3 is 0 Å². The Kier molecular flexibility index (Phi) is 5.05. The molecule has 1 aromatic carbocycles. The average Bonchev–Trinajstić information content (AvgIpc) is 3.24. The quantitative estimate of drug-likeness (QED) is 0.843. The van der Waals surface area contributed by atoms with Crippen LogP contribution in [0.4, 0.5) is 0 Å². The van der Waals surface area contributed by atoms with Crippen LogP contribution in [0.15, 0.2) is 41.0 Å². The van der Waals surface area contributed by atoms with Gasteiger partial charge in [-0.1, -0.05) is 18.2 Å². The van der Waals surface area contributed by atoms with E-state index in [1.54, 1.807) is 6.26 Å². The number of hydrogen-bond donors (Lipinski definition) is 1. The molecule has 4 nitrogen and oxygen atoms in total. The Morgan fingerprint density at radius 3 is 2.71 bits per heavy atom. The minimum Gasteiger partial charge on any atom is -0.467 e. The first-order valence-electron chi connectivity index (χ1n) is 8.66. The lowest BCUT2D eigenvalue weighted by atomic mass is 10.1. The summed E-state index contributed by atoms with van der Waals surface area (Å²) in [5.74, 6) is 0.838. The molecule has 1 N–H and O–H groups in total. The average molecular weight is 326 g/mol. The zero-order valence-corrected chi connectivity index (χ0v) is 14.7. The normalized spacial score (nSPS) is 15.5. The Morgan fingerprint density at radius 1 is 1.29 bits per heavy atom. The van der Waals surface area contributed by atoms with Gasteiger partial charge in [0.1, 0.15) is 5.76 Å². The summed E-state index contributed by atoms with van der Waals surface area (Å²) in [7, 11) is 0. The van der Waals surface area contributed by atoms with E-state index in [-0.39, 0.29) is 11.9 Å². The molecule has 3 rings (SSSR count). The maximum absolute atomic E-state index is 12.4. The van der Waals surface area contributed by atoms with Gasteiger partial charge < -0.3 is 9.73 Å². The second-order valence-electron chi connectivity index (χ2n) is 6.86. The number of carbonyl (C=O) groups is 1. The van der Waals surface area contributed by atoms with Crippen LogP contribution in [0.25, 0.3) is 0 Å². The Morgan fingerprint density at radius 2 is 2.08 bits per heavy atom. The Labute approximate surface area is 143 Å². The van der Waals surface area contributed by atoms with Gasteiger partial charge in [-0.05, 0) is 62.4 Å². The molecule has 2 aromatic rings. The van der Waals surface area contributed by atoms with Gasteiger partial charge in [0.05, 0.1) is 18.8 Å². The topological polar surface area (TPSA) is 45.5 Å². The Balaban J connectivity index is 1.59. The van der Waals surface area contributed by atoms with Crippen LogP contribution in [0.5, 0.6) is 0 Å². The number of rotatable bonds is 7. The first kappa shape index (κ1) is 16.8. The molecular weight excluding hydrogens is 300 g/mol. The van der Waals surface area contributed by atoms with Crippen LogP contribution in [-0.2, 0) is 11.3 Å². The van der Waals surface area contributed by atoms with Crippen molar-refractivity contribution >= 4 is 5.91 Å². The highest BCUT2D eigenvalue weighted by Crippen LogP contribution is 2.28. The lowest BCUT2D eigenvalue weighted by Gasteiger charge is -2.23. The van der Waals surface area contributed by atoms with Gasteiger partial charge in [0, 0.05) is 12.6 Å². The lowest BCUT2D eigenvalue weighted by Crippen LogP contribution is -2.39. The number of furan rings is 1.